The number of anilines is 1. The van der Waals surface area contributed by atoms with Crippen molar-refractivity contribution in [3.05, 3.63) is 48.4 Å². The van der Waals surface area contributed by atoms with Gasteiger partial charge in [-0.1, -0.05) is 6.07 Å². The fourth-order valence-corrected chi connectivity index (χ4v) is 1.61. The number of ether oxygens (including phenoxy) is 1. The highest BCUT2D eigenvalue weighted by Gasteiger charge is 2.06. The minimum Gasteiger partial charge on any atom is -0.478 e. The van der Waals surface area contributed by atoms with Gasteiger partial charge in [-0.25, -0.2) is 9.78 Å². The number of urea groups is 1. The molecule has 2 aromatic rings. The number of carbonyl (C=O) groups excluding carboxylic acids is 1. The number of aromatic nitrogens is 2. The van der Waals surface area contributed by atoms with E-state index in [1.165, 1.54) is 0 Å². The van der Waals surface area contributed by atoms with E-state index < -0.39 is 0 Å². The van der Waals surface area contributed by atoms with Crippen LogP contribution in [-0.4, -0.2) is 22.6 Å². The van der Waals surface area contributed by atoms with Gasteiger partial charge in [0.15, 0.2) is 0 Å². The van der Waals surface area contributed by atoms with Gasteiger partial charge in [-0.15, -0.1) is 0 Å². The number of nitrogens with one attached hydrogen (secondary N) is 2. The summed E-state index contributed by atoms with van der Waals surface area (Å²) in [7, 11) is 0. The third-order valence-corrected chi connectivity index (χ3v) is 2.49. The minimum absolute atomic E-state index is 0.302. The van der Waals surface area contributed by atoms with E-state index in [-0.39, 0.29) is 6.03 Å². The first-order valence-corrected chi connectivity index (χ1v) is 6.31. The number of carbonyl (C=O) groups is 1. The molecule has 0 aliphatic carbocycles. The van der Waals surface area contributed by atoms with E-state index in [1.807, 2.05) is 13.0 Å². The maximum atomic E-state index is 11.7. The number of amides is 2. The van der Waals surface area contributed by atoms with E-state index >= 15 is 0 Å². The summed E-state index contributed by atoms with van der Waals surface area (Å²) in [5.74, 6) is 0.539. The number of pyridine rings is 2. The van der Waals surface area contributed by atoms with Crippen LogP contribution in [0.25, 0.3) is 0 Å². The van der Waals surface area contributed by atoms with Crippen molar-refractivity contribution in [2.75, 3.05) is 11.9 Å². The van der Waals surface area contributed by atoms with E-state index in [1.54, 1.807) is 36.8 Å². The maximum Gasteiger partial charge on any atom is 0.319 e. The molecular formula is C14H16N4O2. The van der Waals surface area contributed by atoms with Crippen molar-refractivity contribution in [2.24, 2.45) is 0 Å². The third kappa shape index (κ3) is 3.94. The van der Waals surface area contributed by atoms with Gasteiger partial charge in [-0.3, -0.25) is 4.98 Å². The van der Waals surface area contributed by atoms with E-state index in [0.29, 0.717) is 24.7 Å². The topological polar surface area (TPSA) is 76.1 Å². The molecule has 0 unspecified atom stereocenters. The largest absolute Gasteiger partial charge is 0.478 e. The van der Waals surface area contributed by atoms with Gasteiger partial charge in [0.25, 0.3) is 0 Å². The molecule has 0 aliphatic heterocycles. The Balaban J connectivity index is 1.90. The summed E-state index contributed by atoms with van der Waals surface area (Å²) in [5, 5.41) is 5.44. The zero-order valence-corrected chi connectivity index (χ0v) is 11.2. The van der Waals surface area contributed by atoms with Crippen LogP contribution in [0, 0.1) is 0 Å². The maximum absolute atomic E-state index is 11.7. The Morgan fingerprint density at radius 3 is 2.90 bits per heavy atom. The highest BCUT2D eigenvalue weighted by molar-refractivity contribution is 5.88. The van der Waals surface area contributed by atoms with Crippen LogP contribution in [0.5, 0.6) is 5.88 Å². The molecule has 0 saturated heterocycles. The molecular weight excluding hydrogens is 256 g/mol. The number of nitrogens with zero attached hydrogens (tertiary/aromatic N) is 2. The molecule has 0 spiro atoms. The van der Waals surface area contributed by atoms with Crippen molar-refractivity contribution >= 4 is 11.7 Å². The molecule has 2 amide bonds. The molecule has 0 bridgehead atoms. The summed E-state index contributed by atoms with van der Waals surface area (Å²) in [6, 6.07) is 6.89. The van der Waals surface area contributed by atoms with Gasteiger partial charge in [0.05, 0.1) is 18.5 Å². The average Bonchev–Trinajstić information content (AvgIpc) is 2.48. The molecule has 0 radical (unpaired) electrons. The summed E-state index contributed by atoms with van der Waals surface area (Å²) in [6.07, 6.45) is 4.88. The Morgan fingerprint density at radius 1 is 1.30 bits per heavy atom. The van der Waals surface area contributed by atoms with Crippen LogP contribution < -0.4 is 15.4 Å². The Kier molecular flexibility index (Phi) is 4.88. The van der Waals surface area contributed by atoms with Crippen molar-refractivity contribution in [3.8, 4) is 5.88 Å². The monoisotopic (exact) mass is 272 g/mol. The molecule has 2 aromatic heterocycles. The fourth-order valence-electron chi connectivity index (χ4n) is 1.61. The number of rotatable bonds is 5. The second-order valence-electron chi connectivity index (χ2n) is 3.95. The second kappa shape index (κ2) is 7.08. The molecule has 2 N–H and O–H groups in total. The van der Waals surface area contributed by atoms with Crippen molar-refractivity contribution in [3.63, 3.8) is 0 Å². The highest BCUT2D eigenvalue weighted by atomic mass is 16.5. The zero-order valence-electron chi connectivity index (χ0n) is 11.2. The van der Waals surface area contributed by atoms with E-state index in [0.717, 1.165) is 5.56 Å². The van der Waals surface area contributed by atoms with E-state index in [2.05, 4.69) is 20.6 Å². The average molecular weight is 272 g/mol. The molecule has 6 nitrogen and oxygen atoms in total. The smallest absolute Gasteiger partial charge is 0.319 e. The van der Waals surface area contributed by atoms with Crippen LogP contribution in [-0.2, 0) is 6.54 Å². The molecule has 2 rings (SSSR count). The van der Waals surface area contributed by atoms with Crippen LogP contribution in [0.2, 0.25) is 0 Å². The highest BCUT2D eigenvalue weighted by Crippen LogP contribution is 2.13. The van der Waals surface area contributed by atoms with Gasteiger partial charge in [-0.2, -0.15) is 0 Å². The summed E-state index contributed by atoms with van der Waals surface area (Å²) in [6.45, 7) is 2.77. The van der Waals surface area contributed by atoms with Crippen molar-refractivity contribution in [1.29, 1.82) is 0 Å². The number of hydrogen-bond acceptors (Lipinski definition) is 4. The first kappa shape index (κ1) is 13.8. The Morgan fingerprint density at radius 2 is 2.15 bits per heavy atom. The molecule has 6 heteroatoms. The predicted octanol–water partition coefficient (Wildman–Crippen LogP) is 2.20. The number of hydrogen-bond donors (Lipinski definition) is 2. The lowest BCUT2D eigenvalue weighted by atomic mass is 10.2. The molecule has 0 aromatic carbocycles. The van der Waals surface area contributed by atoms with E-state index in [4.69, 9.17) is 4.74 Å². The molecule has 0 saturated carbocycles. The lowest BCUT2D eigenvalue weighted by Gasteiger charge is -2.10. The SMILES string of the molecule is CCOc1ncccc1CNC(=O)Nc1cccnc1. The van der Waals surface area contributed by atoms with Crippen LogP contribution in [0.4, 0.5) is 10.5 Å². The first-order chi connectivity index (χ1) is 9.79. The van der Waals surface area contributed by atoms with Crippen molar-refractivity contribution in [1.82, 2.24) is 15.3 Å². The third-order valence-electron chi connectivity index (χ3n) is 2.49. The molecule has 0 fully saturated rings. The van der Waals surface area contributed by atoms with Gasteiger partial charge in [0.1, 0.15) is 0 Å². The molecule has 104 valence electrons. The molecule has 0 aliphatic rings. The van der Waals surface area contributed by atoms with Crippen molar-refractivity contribution < 1.29 is 9.53 Å². The first-order valence-electron chi connectivity index (χ1n) is 6.31. The summed E-state index contributed by atoms with van der Waals surface area (Å²) in [4.78, 5) is 19.8. The van der Waals surface area contributed by atoms with Gasteiger partial charge in [-0.05, 0) is 25.1 Å². The Hall–Kier alpha value is -2.63. The van der Waals surface area contributed by atoms with Gasteiger partial charge < -0.3 is 15.4 Å². The predicted molar refractivity (Wildman–Crippen MR) is 75.5 cm³/mol. The minimum atomic E-state index is -0.302. The molecule has 0 atom stereocenters. The van der Waals surface area contributed by atoms with E-state index in [9.17, 15) is 4.79 Å². The second-order valence-corrected chi connectivity index (χ2v) is 3.95. The lowest BCUT2D eigenvalue weighted by Crippen LogP contribution is -2.28. The molecule has 2 heterocycles. The van der Waals surface area contributed by atoms with Crippen LogP contribution >= 0.6 is 0 Å². The summed E-state index contributed by atoms with van der Waals surface area (Å²) >= 11 is 0. The van der Waals surface area contributed by atoms with Crippen LogP contribution in [0.15, 0.2) is 42.9 Å². The quantitative estimate of drug-likeness (QED) is 0.874. The fraction of sp³-hybridized carbons (Fsp3) is 0.214. The van der Waals surface area contributed by atoms with Gasteiger partial charge in [0, 0.05) is 24.5 Å². The van der Waals surface area contributed by atoms with Crippen LogP contribution in [0.3, 0.4) is 0 Å². The normalized spacial score (nSPS) is 9.85. The molecule has 20 heavy (non-hydrogen) atoms. The summed E-state index contributed by atoms with van der Waals surface area (Å²) < 4.78 is 5.39. The van der Waals surface area contributed by atoms with Gasteiger partial charge >= 0.3 is 6.03 Å². The Bertz CT molecular complexity index is 560. The summed E-state index contributed by atoms with van der Waals surface area (Å²) in [5.41, 5.74) is 1.47. The van der Waals surface area contributed by atoms with Gasteiger partial charge in [0.2, 0.25) is 5.88 Å². The zero-order chi connectivity index (χ0) is 14.2. The lowest BCUT2D eigenvalue weighted by molar-refractivity contribution is 0.251. The van der Waals surface area contributed by atoms with Crippen LogP contribution in [0.1, 0.15) is 12.5 Å². The Labute approximate surface area is 117 Å². The standard InChI is InChI=1S/C14H16N4O2/c1-2-20-13-11(5-3-8-16-13)9-17-14(19)18-12-6-4-7-15-10-12/h3-8,10H,2,9H2,1H3,(H2,17,18,19). The van der Waals surface area contributed by atoms with Crippen molar-refractivity contribution in [2.45, 2.75) is 13.5 Å².